The maximum absolute atomic E-state index is 2.36. The lowest BCUT2D eigenvalue weighted by Gasteiger charge is -2.03. The summed E-state index contributed by atoms with van der Waals surface area (Å²) in [5.41, 5.74) is 1.56. The van der Waals surface area contributed by atoms with E-state index in [0.29, 0.717) is 0 Å². The maximum Gasteiger partial charge on any atom is -0.0128 e. The molecule has 0 spiro atoms. The second kappa shape index (κ2) is 1.25. The van der Waals surface area contributed by atoms with Crippen molar-refractivity contribution >= 4 is 0 Å². The molecule has 2 unspecified atom stereocenters. The van der Waals surface area contributed by atoms with Crippen molar-refractivity contribution in [1.29, 1.82) is 0 Å². The number of allylic oxidation sites excluding steroid dienone is 4. The minimum Gasteiger partial charge on any atom is -0.0804 e. The lowest BCUT2D eigenvalue weighted by molar-refractivity contribution is 0.562. The van der Waals surface area contributed by atoms with Gasteiger partial charge in [-0.15, -0.1) is 0 Å². The number of rotatable bonds is 0. The minimum atomic E-state index is 0.843. The Bertz CT molecular complexity index is 163. The van der Waals surface area contributed by atoms with Gasteiger partial charge in [-0.05, 0) is 23.8 Å². The Morgan fingerprint density at radius 3 is 2.62 bits per heavy atom. The molecule has 2 atom stereocenters. The molecule has 2 bridgehead atoms. The highest BCUT2D eigenvalue weighted by Crippen LogP contribution is 2.38. The molecule has 0 radical (unpaired) electrons. The molecule has 0 N–H and O–H groups in total. The molecule has 0 aromatic carbocycles. The van der Waals surface area contributed by atoms with Crippen LogP contribution >= 0.6 is 0 Å². The van der Waals surface area contributed by atoms with Crippen LogP contribution in [0.15, 0.2) is 23.8 Å². The SMILES string of the molecule is CC1C2=CCC1C=C2. The second-order valence-corrected chi connectivity index (χ2v) is 2.75. The fourth-order valence-electron chi connectivity index (χ4n) is 1.61. The van der Waals surface area contributed by atoms with E-state index in [1.807, 2.05) is 0 Å². The van der Waals surface area contributed by atoms with Crippen LogP contribution in [0.1, 0.15) is 13.3 Å². The van der Waals surface area contributed by atoms with Crippen LogP contribution in [-0.2, 0) is 0 Å². The van der Waals surface area contributed by atoms with E-state index < -0.39 is 0 Å². The van der Waals surface area contributed by atoms with Gasteiger partial charge < -0.3 is 0 Å². The summed E-state index contributed by atoms with van der Waals surface area (Å²) >= 11 is 0. The van der Waals surface area contributed by atoms with Gasteiger partial charge in [0.25, 0.3) is 0 Å². The lowest BCUT2D eigenvalue weighted by Crippen LogP contribution is -1.96. The first-order valence-electron chi connectivity index (χ1n) is 3.26. The van der Waals surface area contributed by atoms with Crippen LogP contribution in [0.4, 0.5) is 0 Å². The molecule has 0 heterocycles. The van der Waals surface area contributed by atoms with Crippen LogP contribution < -0.4 is 0 Å². The van der Waals surface area contributed by atoms with E-state index in [0.717, 1.165) is 11.8 Å². The Balaban J connectivity index is 2.41. The molecule has 0 saturated heterocycles. The molecule has 0 nitrogen and oxygen atoms in total. The number of hydrogen-bond donors (Lipinski definition) is 0. The van der Waals surface area contributed by atoms with Gasteiger partial charge in [-0.25, -0.2) is 0 Å². The quantitative estimate of drug-likeness (QED) is 0.444. The molecule has 0 aromatic rings. The van der Waals surface area contributed by atoms with Crippen LogP contribution in [0.25, 0.3) is 0 Å². The van der Waals surface area contributed by atoms with E-state index in [9.17, 15) is 0 Å². The van der Waals surface area contributed by atoms with Gasteiger partial charge in [0, 0.05) is 0 Å². The predicted octanol–water partition coefficient (Wildman–Crippen LogP) is 2.14. The monoisotopic (exact) mass is 106 g/mol. The molecule has 42 valence electrons. The molecule has 2 aliphatic carbocycles. The average Bonchev–Trinajstić information content (AvgIpc) is 2.29. The topological polar surface area (TPSA) is 0 Å². The van der Waals surface area contributed by atoms with Crippen molar-refractivity contribution in [2.45, 2.75) is 13.3 Å². The van der Waals surface area contributed by atoms with Crippen LogP contribution in [0, 0.1) is 11.8 Å². The molecule has 2 aliphatic rings. The number of fused-ring (bicyclic) bond motifs is 2. The third kappa shape index (κ3) is 0.360. The standard InChI is InChI=1S/C8H10/c1-6-7-2-3-8(6)5-4-7/h2-4,6,8H,5H2,1H3. The molecule has 0 aliphatic heterocycles. The first-order valence-corrected chi connectivity index (χ1v) is 3.26. The molecule has 8 heavy (non-hydrogen) atoms. The third-order valence-electron chi connectivity index (χ3n) is 2.33. The summed E-state index contributed by atoms with van der Waals surface area (Å²) in [5, 5.41) is 0. The van der Waals surface area contributed by atoms with Crippen molar-refractivity contribution in [2.75, 3.05) is 0 Å². The van der Waals surface area contributed by atoms with Crippen LogP contribution in [0.3, 0.4) is 0 Å². The Morgan fingerprint density at radius 2 is 2.50 bits per heavy atom. The molecule has 0 heteroatoms. The van der Waals surface area contributed by atoms with E-state index >= 15 is 0 Å². The normalized spacial score (nSPS) is 40.9. The zero-order valence-corrected chi connectivity index (χ0v) is 5.09. The van der Waals surface area contributed by atoms with Gasteiger partial charge in [0.1, 0.15) is 0 Å². The van der Waals surface area contributed by atoms with Crippen molar-refractivity contribution in [2.24, 2.45) is 11.8 Å². The summed E-state index contributed by atoms with van der Waals surface area (Å²) in [6, 6.07) is 0. The average molecular weight is 106 g/mol. The van der Waals surface area contributed by atoms with Gasteiger partial charge in [0.05, 0.1) is 0 Å². The summed E-state index contributed by atoms with van der Waals surface area (Å²) in [6.07, 6.45) is 8.25. The Kier molecular flexibility index (Phi) is 0.682. The van der Waals surface area contributed by atoms with Crippen molar-refractivity contribution < 1.29 is 0 Å². The summed E-state index contributed by atoms with van der Waals surface area (Å²) in [5.74, 6) is 1.71. The molecule has 2 rings (SSSR count). The van der Waals surface area contributed by atoms with Crippen molar-refractivity contribution in [1.82, 2.24) is 0 Å². The second-order valence-electron chi connectivity index (χ2n) is 2.75. The minimum absolute atomic E-state index is 0.843. The van der Waals surface area contributed by atoms with Crippen molar-refractivity contribution in [3.8, 4) is 0 Å². The van der Waals surface area contributed by atoms with E-state index in [1.165, 1.54) is 6.42 Å². The molecule has 0 aromatic heterocycles. The maximum atomic E-state index is 2.36. The molecule has 0 saturated carbocycles. The first-order chi connectivity index (χ1) is 3.88. The summed E-state index contributed by atoms with van der Waals surface area (Å²) in [4.78, 5) is 0. The van der Waals surface area contributed by atoms with Crippen LogP contribution in [-0.4, -0.2) is 0 Å². The Labute approximate surface area is 49.9 Å². The molecular weight excluding hydrogens is 96.1 g/mol. The largest absolute Gasteiger partial charge is 0.0804 e. The highest BCUT2D eigenvalue weighted by molar-refractivity contribution is 5.35. The van der Waals surface area contributed by atoms with Crippen molar-refractivity contribution in [3.05, 3.63) is 23.8 Å². The van der Waals surface area contributed by atoms with Gasteiger partial charge in [0.2, 0.25) is 0 Å². The summed E-state index contributed by atoms with van der Waals surface area (Å²) in [7, 11) is 0. The molecular formula is C8H10. The van der Waals surface area contributed by atoms with Gasteiger partial charge in [0.15, 0.2) is 0 Å². The van der Waals surface area contributed by atoms with E-state index in [2.05, 4.69) is 25.2 Å². The van der Waals surface area contributed by atoms with Gasteiger partial charge in [-0.2, -0.15) is 0 Å². The predicted molar refractivity (Wildman–Crippen MR) is 34.5 cm³/mol. The van der Waals surface area contributed by atoms with E-state index in [-0.39, 0.29) is 0 Å². The zero-order chi connectivity index (χ0) is 5.56. The zero-order valence-electron chi connectivity index (χ0n) is 5.09. The van der Waals surface area contributed by atoms with Crippen molar-refractivity contribution in [3.63, 3.8) is 0 Å². The van der Waals surface area contributed by atoms with Gasteiger partial charge >= 0.3 is 0 Å². The number of hydrogen-bond acceptors (Lipinski definition) is 0. The van der Waals surface area contributed by atoms with E-state index in [1.54, 1.807) is 5.57 Å². The van der Waals surface area contributed by atoms with Gasteiger partial charge in [-0.1, -0.05) is 25.2 Å². The summed E-state index contributed by atoms with van der Waals surface area (Å²) in [6.45, 7) is 2.31. The highest BCUT2D eigenvalue weighted by Gasteiger charge is 2.26. The van der Waals surface area contributed by atoms with E-state index in [4.69, 9.17) is 0 Å². The Morgan fingerprint density at radius 1 is 1.62 bits per heavy atom. The molecule has 0 amide bonds. The fourth-order valence-corrected chi connectivity index (χ4v) is 1.61. The lowest BCUT2D eigenvalue weighted by atomic mass is 10.0. The Hall–Kier alpha value is -0.520. The smallest absolute Gasteiger partial charge is 0.0128 e. The van der Waals surface area contributed by atoms with Crippen LogP contribution in [0.2, 0.25) is 0 Å². The highest BCUT2D eigenvalue weighted by atomic mass is 14.3. The van der Waals surface area contributed by atoms with Crippen LogP contribution in [0.5, 0.6) is 0 Å². The third-order valence-corrected chi connectivity index (χ3v) is 2.33. The van der Waals surface area contributed by atoms with Gasteiger partial charge in [-0.3, -0.25) is 0 Å². The molecule has 0 fully saturated rings. The first kappa shape index (κ1) is 4.37. The summed E-state index contributed by atoms with van der Waals surface area (Å²) < 4.78 is 0. The fraction of sp³-hybridized carbons (Fsp3) is 0.500.